The first kappa shape index (κ1) is 17.4. The molecule has 1 aromatic rings. The van der Waals surface area contributed by atoms with Crippen LogP contribution in [0.5, 0.6) is 0 Å². The van der Waals surface area contributed by atoms with Gasteiger partial charge in [0.2, 0.25) is 0 Å². The van der Waals surface area contributed by atoms with Crippen molar-refractivity contribution >= 4 is 29.3 Å². The Kier molecular flexibility index (Phi) is 6.62. The molecule has 0 saturated carbocycles. The summed E-state index contributed by atoms with van der Waals surface area (Å²) in [4.78, 5) is 23.3. The van der Waals surface area contributed by atoms with E-state index in [0.29, 0.717) is 34.7 Å². The van der Waals surface area contributed by atoms with E-state index < -0.39 is 5.97 Å². The molecule has 0 spiro atoms. The lowest BCUT2D eigenvalue weighted by atomic mass is 9.85. The summed E-state index contributed by atoms with van der Waals surface area (Å²) in [7, 11) is 0. The van der Waals surface area contributed by atoms with E-state index in [1.165, 1.54) is 17.4 Å². The van der Waals surface area contributed by atoms with E-state index in [4.69, 9.17) is 5.11 Å². The highest BCUT2D eigenvalue weighted by molar-refractivity contribution is 7.12. The first-order chi connectivity index (χ1) is 9.82. The van der Waals surface area contributed by atoms with Gasteiger partial charge in [-0.3, -0.25) is 4.79 Å². The summed E-state index contributed by atoms with van der Waals surface area (Å²) < 4.78 is 0. The fourth-order valence-corrected chi connectivity index (χ4v) is 3.13. The average Bonchev–Trinajstić information content (AvgIpc) is 2.83. The van der Waals surface area contributed by atoms with Gasteiger partial charge in [0.05, 0.1) is 4.88 Å². The Balaban J connectivity index is 2.72. The van der Waals surface area contributed by atoms with Gasteiger partial charge in [0.15, 0.2) is 0 Å². The molecule has 0 aromatic carbocycles. The molecular formula is C16H23NO3S. The molecule has 2 N–H and O–H groups in total. The van der Waals surface area contributed by atoms with Crippen molar-refractivity contribution in [1.29, 1.82) is 0 Å². The summed E-state index contributed by atoms with van der Waals surface area (Å²) in [5.74, 6) is 0.264. The number of nitrogens with one attached hydrogen (secondary N) is 1. The summed E-state index contributed by atoms with van der Waals surface area (Å²) in [5, 5.41) is 13.4. The summed E-state index contributed by atoms with van der Waals surface area (Å²) >= 11 is 1.32. The summed E-state index contributed by atoms with van der Waals surface area (Å²) in [5.41, 5.74) is 0.644. The molecule has 0 aliphatic heterocycles. The number of aliphatic carboxylic acids is 1. The average molecular weight is 309 g/mol. The minimum absolute atomic E-state index is 0.138. The van der Waals surface area contributed by atoms with Gasteiger partial charge in [-0.1, -0.05) is 27.7 Å². The molecule has 0 fully saturated rings. The van der Waals surface area contributed by atoms with Crippen molar-refractivity contribution in [3.05, 3.63) is 28.0 Å². The maximum absolute atomic E-state index is 12.2. The van der Waals surface area contributed by atoms with Crippen LogP contribution < -0.4 is 5.32 Å². The van der Waals surface area contributed by atoms with Gasteiger partial charge in [-0.05, 0) is 40.8 Å². The molecule has 1 rings (SSSR count). The van der Waals surface area contributed by atoms with Crippen molar-refractivity contribution in [3.63, 3.8) is 0 Å². The molecule has 0 unspecified atom stereocenters. The Hall–Kier alpha value is -1.62. The third kappa shape index (κ3) is 5.34. The Bertz CT molecular complexity index is 509. The van der Waals surface area contributed by atoms with Crippen LogP contribution in [-0.2, 0) is 4.79 Å². The number of carbonyl (C=O) groups is 2. The van der Waals surface area contributed by atoms with Crippen molar-refractivity contribution in [2.45, 2.75) is 27.7 Å². The fourth-order valence-electron chi connectivity index (χ4n) is 2.33. The maximum Gasteiger partial charge on any atom is 0.328 e. The van der Waals surface area contributed by atoms with E-state index in [9.17, 15) is 9.59 Å². The van der Waals surface area contributed by atoms with Crippen LogP contribution in [0.1, 0.15) is 42.9 Å². The molecule has 1 aromatic heterocycles. The number of carboxylic acids is 1. The van der Waals surface area contributed by atoms with Crippen LogP contribution in [-0.4, -0.2) is 23.5 Å². The van der Waals surface area contributed by atoms with Crippen LogP contribution in [0.2, 0.25) is 0 Å². The van der Waals surface area contributed by atoms with Crippen LogP contribution >= 0.6 is 11.3 Å². The zero-order valence-electron chi connectivity index (χ0n) is 12.9. The number of carbonyl (C=O) groups excluding carboxylic acids is 1. The van der Waals surface area contributed by atoms with E-state index in [1.54, 1.807) is 11.4 Å². The molecular weight excluding hydrogens is 286 g/mol. The molecule has 0 aliphatic carbocycles. The monoisotopic (exact) mass is 309 g/mol. The van der Waals surface area contributed by atoms with Gasteiger partial charge in [-0.15, -0.1) is 11.3 Å². The number of carboxylic acid groups (broad SMARTS) is 1. The Labute approximate surface area is 129 Å². The van der Waals surface area contributed by atoms with E-state index >= 15 is 0 Å². The molecule has 5 heteroatoms. The minimum atomic E-state index is -1.02. The van der Waals surface area contributed by atoms with E-state index in [0.717, 1.165) is 6.08 Å². The van der Waals surface area contributed by atoms with Gasteiger partial charge < -0.3 is 10.4 Å². The van der Waals surface area contributed by atoms with Crippen LogP contribution in [0.3, 0.4) is 0 Å². The standard InChI is InChI=1S/C16H23NO3S/c1-10(2)13(11(3)4)9-17-16(20)15-12(7-8-21-15)5-6-14(18)19/h5-8,10-11,13H,9H2,1-4H3,(H,17,20)(H,18,19)/b6-5+. The van der Waals surface area contributed by atoms with Gasteiger partial charge >= 0.3 is 5.97 Å². The van der Waals surface area contributed by atoms with E-state index in [2.05, 4.69) is 33.0 Å². The van der Waals surface area contributed by atoms with Crippen molar-refractivity contribution < 1.29 is 14.7 Å². The number of hydrogen-bond donors (Lipinski definition) is 2. The van der Waals surface area contributed by atoms with E-state index in [-0.39, 0.29) is 5.91 Å². The largest absolute Gasteiger partial charge is 0.478 e. The number of amides is 1. The minimum Gasteiger partial charge on any atom is -0.478 e. The Morgan fingerprint density at radius 2 is 1.90 bits per heavy atom. The normalized spacial score (nSPS) is 11.8. The second-order valence-corrected chi connectivity index (χ2v) is 6.65. The van der Waals surface area contributed by atoms with Crippen molar-refractivity contribution in [2.24, 2.45) is 17.8 Å². The highest BCUT2D eigenvalue weighted by Crippen LogP contribution is 2.21. The third-order valence-corrected chi connectivity index (χ3v) is 4.45. The lowest BCUT2D eigenvalue weighted by Crippen LogP contribution is -2.33. The zero-order valence-corrected chi connectivity index (χ0v) is 13.7. The molecule has 4 nitrogen and oxygen atoms in total. The van der Waals surface area contributed by atoms with Gasteiger partial charge in [0, 0.05) is 12.6 Å². The second kappa shape index (κ2) is 7.98. The van der Waals surface area contributed by atoms with Crippen molar-refractivity contribution in [1.82, 2.24) is 5.32 Å². The molecule has 21 heavy (non-hydrogen) atoms. The Morgan fingerprint density at radius 3 is 2.43 bits per heavy atom. The van der Waals surface area contributed by atoms with Gasteiger partial charge in [0.1, 0.15) is 0 Å². The van der Waals surface area contributed by atoms with Crippen molar-refractivity contribution in [2.75, 3.05) is 6.54 Å². The summed E-state index contributed by atoms with van der Waals surface area (Å²) in [6.45, 7) is 9.26. The molecule has 1 heterocycles. The Morgan fingerprint density at radius 1 is 1.29 bits per heavy atom. The predicted molar refractivity (Wildman–Crippen MR) is 86.5 cm³/mol. The highest BCUT2D eigenvalue weighted by atomic mass is 32.1. The first-order valence-corrected chi connectivity index (χ1v) is 7.97. The summed E-state index contributed by atoms with van der Waals surface area (Å²) in [6.07, 6.45) is 2.50. The molecule has 116 valence electrons. The lowest BCUT2D eigenvalue weighted by molar-refractivity contribution is -0.131. The molecule has 1 amide bonds. The quantitative estimate of drug-likeness (QED) is 0.758. The van der Waals surface area contributed by atoms with Gasteiger partial charge in [-0.25, -0.2) is 4.79 Å². The molecule has 0 saturated heterocycles. The highest BCUT2D eigenvalue weighted by Gasteiger charge is 2.19. The van der Waals surface area contributed by atoms with Gasteiger partial charge in [0.25, 0.3) is 5.91 Å². The SMILES string of the molecule is CC(C)C(CNC(=O)c1sccc1/C=C/C(=O)O)C(C)C. The van der Waals surface area contributed by atoms with Crippen molar-refractivity contribution in [3.8, 4) is 0 Å². The fraction of sp³-hybridized carbons (Fsp3) is 0.500. The van der Waals surface area contributed by atoms with Crippen LogP contribution in [0.4, 0.5) is 0 Å². The van der Waals surface area contributed by atoms with Crippen LogP contribution in [0.15, 0.2) is 17.5 Å². The lowest BCUT2D eigenvalue weighted by Gasteiger charge is -2.25. The zero-order chi connectivity index (χ0) is 16.0. The van der Waals surface area contributed by atoms with Gasteiger partial charge in [-0.2, -0.15) is 0 Å². The second-order valence-electron chi connectivity index (χ2n) is 5.74. The topological polar surface area (TPSA) is 66.4 Å². The maximum atomic E-state index is 12.2. The summed E-state index contributed by atoms with van der Waals surface area (Å²) in [6, 6.07) is 1.75. The number of hydrogen-bond acceptors (Lipinski definition) is 3. The van der Waals surface area contributed by atoms with Crippen LogP contribution in [0.25, 0.3) is 6.08 Å². The van der Waals surface area contributed by atoms with Crippen LogP contribution in [0, 0.1) is 17.8 Å². The molecule has 0 aliphatic rings. The molecule has 0 atom stereocenters. The molecule has 0 radical (unpaired) electrons. The smallest absolute Gasteiger partial charge is 0.328 e. The molecule has 0 bridgehead atoms. The number of thiophene rings is 1. The predicted octanol–water partition coefficient (Wildman–Crippen LogP) is 3.50. The third-order valence-electron chi connectivity index (χ3n) is 3.52. The number of rotatable bonds is 7. The first-order valence-electron chi connectivity index (χ1n) is 7.09. The van der Waals surface area contributed by atoms with E-state index in [1.807, 2.05) is 0 Å².